The predicted octanol–water partition coefficient (Wildman–Crippen LogP) is 1.66. The number of rotatable bonds is 8. The van der Waals surface area contributed by atoms with Crippen LogP contribution in [0.15, 0.2) is 55.1 Å². The molecule has 1 spiro atoms. The summed E-state index contributed by atoms with van der Waals surface area (Å²) in [5.41, 5.74) is 0.228. The van der Waals surface area contributed by atoms with E-state index < -0.39 is 41.2 Å². The molecule has 2 aliphatic rings. The quantitative estimate of drug-likeness (QED) is 0.209. The third kappa shape index (κ3) is 4.19. The van der Waals surface area contributed by atoms with Gasteiger partial charge in [-0.1, -0.05) is 30.9 Å². The van der Waals surface area contributed by atoms with Crippen LogP contribution in [0.25, 0.3) is 0 Å². The topological polar surface area (TPSA) is 126 Å². The van der Waals surface area contributed by atoms with E-state index in [4.69, 9.17) is 9.47 Å². The molecule has 4 atom stereocenters. The number of ether oxygens (including phenoxy) is 2. The van der Waals surface area contributed by atoms with Crippen molar-refractivity contribution >= 4 is 46.1 Å². The molecule has 10 heteroatoms. The maximum atomic E-state index is 13.9. The van der Waals surface area contributed by atoms with Gasteiger partial charge in [0.05, 0.1) is 12.6 Å². The highest BCUT2D eigenvalue weighted by atomic mass is 127. The Morgan fingerprint density at radius 1 is 1.29 bits per heavy atom. The van der Waals surface area contributed by atoms with Gasteiger partial charge < -0.3 is 25.2 Å². The van der Waals surface area contributed by atoms with Crippen LogP contribution in [0.1, 0.15) is 17.2 Å². The van der Waals surface area contributed by atoms with Crippen LogP contribution in [0.3, 0.4) is 0 Å². The van der Waals surface area contributed by atoms with Crippen LogP contribution in [-0.2, 0) is 24.5 Å². The lowest BCUT2D eigenvalue weighted by molar-refractivity contribution is -0.153. The largest absolute Gasteiger partial charge is 0.491 e. The highest BCUT2D eigenvalue weighted by Crippen LogP contribution is 2.57. The summed E-state index contributed by atoms with van der Waals surface area (Å²) >= 11 is 2.15. The summed E-state index contributed by atoms with van der Waals surface area (Å²) in [5, 5.41) is 18.1. The lowest BCUT2D eigenvalue weighted by atomic mass is 9.65. The highest BCUT2D eigenvalue weighted by Gasteiger charge is 2.68. The van der Waals surface area contributed by atoms with Crippen molar-refractivity contribution in [2.24, 2.45) is 5.92 Å². The molecule has 0 radical (unpaired) electrons. The zero-order valence-electron chi connectivity index (χ0n) is 19.0. The standard InChI is InChI=1S/C25H26IN3O6/c1-3-11-35-23(32)19-20(22(31)27-2)29-21(15-6-4-5-7-18(15)34-12-10-30)25(19)16-13-14(26)8-9-17(16)28-24(25)33/h3-9,13,19-21,29-30H,1,10-12H2,2H3,(H,27,31)(H,28,33)/t19-,20-,21+,25-/m0/s1. The summed E-state index contributed by atoms with van der Waals surface area (Å²) in [4.78, 5) is 40.5. The molecule has 4 rings (SSSR count). The van der Waals surface area contributed by atoms with Gasteiger partial charge in [-0.15, -0.1) is 0 Å². The molecule has 1 saturated heterocycles. The summed E-state index contributed by atoms with van der Waals surface area (Å²) in [6.45, 7) is 3.38. The number of aliphatic hydroxyl groups excluding tert-OH is 1. The Bertz CT molecular complexity index is 1170. The fourth-order valence-electron chi connectivity index (χ4n) is 5.04. The fourth-order valence-corrected chi connectivity index (χ4v) is 5.53. The zero-order valence-corrected chi connectivity index (χ0v) is 21.2. The molecule has 2 amide bonds. The predicted molar refractivity (Wildman–Crippen MR) is 137 cm³/mol. The summed E-state index contributed by atoms with van der Waals surface area (Å²) < 4.78 is 12.1. The van der Waals surface area contributed by atoms with E-state index in [1.54, 1.807) is 30.3 Å². The summed E-state index contributed by atoms with van der Waals surface area (Å²) in [7, 11) is 1.47. The molecule has 0 unspecified atom stereocenters. The Balaban J connectivity index is 1.99. The molecule has 1 fully saturated rings. The van der Waals surface area contributed by atoms with Crippen molar-refractivity contribution in [1.29, 1.82) is 0 Å². The van der Waals surface area contributed by atoms with Crippen LogP contribution in [-0.4, -0.2) is 55.8 Å². The molecule has 4 N–H and O–H groups in total. The van der Waals surface area contributed by atoms with Crippen LogP contribution in [0.4, 0.5) is 5.69 Å². The van der Waals surface area contributed by atoms with Gasteiger partial charge >= 0.3 is 5.97 Å². The minimum absolute atomic E-state index is 0.0428. The molecule has 2 aromatic carbocycles. The number of fused-ring (bicyclic) bond motifs is 2. The molecular formula is C25H26IN3O6. The number of aliphatic hydroxyl groups is 1. The molecule has 2 heterocycles. The number of nitrogens with one attached hydrogen (secondary N) is 3. The average Bonchev–Trinajstić information content (AvgIpc) is 3.37. The van der Waals surface area contributed by atoms with Gasteiger partial charge in [-0.05, 0) is 52.4 Å². The Morgan fingerprint density at radius 3 is 2.77 bits per heavy atom. The number of carbonyl (C=O) groups excluding carboxylic acids is 3. The number of para-hydroxylation sites is 1. The van der Waals surface area contributed by atoms with E-state index in [9.17, 15) is 19.5 Å². The van der Waals surface area contributed by atoms with E-state index in [2.05, 4.69) is 45.1 Å². The van der Waals surface area contributed by atoms with Gasteiger partial charge in [-0.2, -0.15) is 0 Å². The Morgan fingerprint density at radius 2 is 2.06 bits per heavy atom. The summed E-state index contributed by atoms with van der Waals surface area (Å²) in [6, 6.07) is 10.7. The van der Waals surface area contributed by atoms with Crippen molar-refractivity contribution in [1.82, 2.24) is 10.6 Å². The van der Waals surface area contributed by atoms with Crippen LogP contribution < -0.4 is 20.7 Å². The van der Waals surface area contributed by atoms with E-state index in [0.717, 1.165) is 3.57 Å². The van der Waals surface area contributed by atoms with Crippen molar-refractivity contribution in [2.45, 2.75) is 17.5 Å². The second-order valence-corrected chi connectivity index (χ2v) is 9.46. The SMILES string of the molecule is C=CCOC(=O)[C@@H]1[C@@H](C(=O)NC)N[C@H](c2ccccc2OCCO)[C@@]12C(=O)Nc1ccc(I)cc12. The second kappa shape index (κ2) is 10.3. The van der Waals surface area contributed by atoms with E-state index >= 15 is 0 Å². The number of carbonyl (C=O) groups is 3. The maximum Gasteiger partial charge on any atom is 0.312 e. The summed E-state index contributed by atoms with van der Waals surface area (Å²) in [5.74, 6) is -2.31. The van der Waals surface area contributed by atoms with Gasteiger partial charge in [0.15, 0.2) is 0 Å². The molecular weight excluding hydrogens is 565 g/mol. The van der Waals surface area contributed by atoms with Crippen molar-refractivity contribution in [3.63, 3.8) is 0 Å². The number of amides is 2. The first-order valence-electron chi connectivity index (χ1n) is 11.1. The van der Waals surface area contributed by atoms with Gasteiger partial charge in [0.1, 0.15) is 36.3 Å². The molecule has 9 nitrogen and oxygen atoms in total. The Hall–Kier alpha value is -2.96. The first kappa shape index (κ1) is 25.1. The van der Waals surface area contributed by atoms with E-state index in [1.165, 1.54) is 13.1 Å². The molecule has 0 saturated carbocycles. The lowest BCUT2D eigenvalue weighted by Crippen LogP contribution is -2.51. The van der Waals surface area contributed by atoms with Crippen LogP contribution in [0.2, 0.25) is 0 Å². The van der Waals surface area contributed by atoms with E-state index in [0.29, 0.717) is 22.6 Å². The van der Waals surface area contributed by atoms with E-state index in [1.807, 2.05) is 12.1 Å². The molecule has 35 heavy (non-hydrogen) atoms. The Kier molecular flexibility index (Phi) is 7.43. The second-order valence-electron chi connectivity index (χ2n) is 8.21. The molecule has 0 aromatic heterocycles. The first-order chi connectivity index (χ1) is 16.9. The molecule has 2 aromatic rings. The monoisotopic (exact) mass is 591 g/mol. The van der Waals surface area contributed by atoms with Gasteiger partial charge in [0.2, 0.25) is 11.8 Å². The van der Waals surface area contributed by atoms with Gasteiger partial charge in [0, 0.05) is 21.9 Å². The molecule has 0 bridgehead atoms. The third-order valence-electron chi connectivity index (χ3n) is 6.38. The number of hydrogen-bond donors (Lipinski definition) is 4. The lowest BCUT2D eigenvalue weighted by Gasteiger charge is -2.34. The van der Waals surface area contributed by atoms with Gasteiger partial charge in [-0.25, -0.2) is 0 Å². The van der Waals surface area contributed by atoms with Crippen molar-refractivity contribution in [3.8, 4) is 5.75 Å². The zero-order chi connectivity index (χ0) is 25.2. The Labute approximate surface area is 216 Å². The van der Waals surface area contributed by atoms with Crippen molar-refractivity contribution in [2.75, 3.05) is 32.2 Å². The number of benzene rings is 2. The number of esters is 1. The van der Waals surface area contributed by atoms with Gasteiger partial charge in [-0.3, -0.25) is 19.7 Å². The normalized spacial score (nSPS) is 24.5. The average molecular weight is 591 g/mol. The number of anilines is 1. The summed E-state index contributed by atoms with van der Waals surface area (Å²) in [6.07, 6.45) is 1.43. The van der Waals surface area contributed by atoms with E-state index in [-0.39, 0.29) is 19.8 Å². The number of hydrogen-bond acceptors (Lipinski definition) is 7. The van der Waals surface area contributed by atoms with Crippen molar-refractivity contribution in [3.05, 3.63) is 69.8 Å². The smallest absolute Gasteiger partial charge is 0.312 e. The van der Waals surface area contributed by atoms with Gasteiger partial charge in [0.25, 0.3) is 0 Å². The first-order valence-corrected chi connectivity index (χ1v) is 12.2. The molecule has 184 valence electrons. The minimum Gasteiger partial charge on any atom is -0.491 e. The van der Waals surface area contributed by atoms with Crippen LogP contribution in [0.5, 0.6) is 5.75 Å². The number of halogens is 1. The van der Waals surface area contributed by atoms with Crippen LogP contribution in [0, 0.1) is 9.49 Å². The number of likely N-dealkylation sites (N-methyl/N-ethyl adjacent to an activating group) is 1. The molecule has 0 aliphatic carbocycles. The molecule has 2 aliphatic heterocycles. The van der Waals surface area contributed by atoms with Crippen molar-refractivity contribution < 1.29 is 29.0 Å². The highest BCUT2D eigenvalue weighted by molar-refractivity contribution is 14.1. The fraction of sp³-hybridized carbons (Fsp3) is 0.320. The third-order valence-corrected chi connectivity index (χ3v) is 7.05. The minimum atomic E-state index is -1.51. The maximum absolute atomic E-state index is 13.9. The van der Waals surface area contributed by atoms with Crippen LogP contribution >= 0.6 is 22.6 Å².